The molecule has 2 aromatic rings. The van der Waals surface area contributed by atoms with Gasteiger partial charge in [0.25, 0.3) is 5.91 Å². The van der Waals surface area contributed by atoms with E-state index in [2.05, 4.69) is 20.4 Å². The highest BCUT2D eigenvalue weighted by atomic mass is 16.4. The fraction of sp³-hybridized carbons (Fsp3) is 0.560. The Hall–Kier alpha value is -2.91. The van der Waals surface area contributed by atoms with E-state index in [1.54, 1.807) is 0 Å². The molecular weight excluding hydrogens is 434 g/mol. The van der Waals surface area contributed by atoms with Crippen molar-refractivity contribution in [1.82, 2.24) is 20.5 Å². The molecule has 2 amide bonds. The normalized spacial score (nSPS) is 21.4. The van der Waals surface area contributed by atoms with Crippen molar-refractivity contribution in [3.63, 3.8) is 0 Å². The number of nitrogens with one attached hydrogen (secondary N) is 2. The van der Waals surface area contributed by atoms with Gasteiger partial charge in [-0.25, -0.2) is 9.78 Å². The standard InChI is InChI=1S/C25H35N5O4/c31-14-13-29-9-11-30(12-10-29)23-15-21(20-3-1-2-4-22(20)28-23)24(32)26-16-18-5-7-19(8-6-18)17-27-25(33)34/h1-4,15,18-19,27,31H,5-14,16-17H2,(H,26,32)(H,33,34)/t18-,19-. The molecule has 4 N–H and O–H groups in total. The summed E-state index contributed by atoms with van der Waals surface area (Å²) in [4.78, 5) is 33.2. The summed E-state index contributed by atoms with van der Waals surface area (Å²) in [6.07, 6.45) is 2.97. The summed E-state index contributed by atoms with van der Waals surface area (Å²) in [5, 5.41) is 24.5. The highest BCUT2D eigenvalue weighted by Crippen LogP contribution is 2.28. The van der Waals surface area contributed by atoms with E-state index in [-0.39, 0.29) is 12.5 Å². The first-order valence-corrected chi connectivity index (χ1v) is 12.3. The summed E-state index contributed by atoms with van der Waals surface area (Å²) in [6.45, 7) is 5.34. The highest BCUT2D eigenvalue weighted by Gasteiger charge is 2.24. The van der Waals surface area contributed by atoms with Gasteiger partial charge in [-0.2, -0.15) is 0 Å². The summed E-state index contributed by atoms with van der Waals surface area (Å²) in [6, 6.07) is 9.68. The maximum absolute atomic E-state index is 13.2. The zero-order chi connectivity index (χ0) is 23.9. The number of rotatable bonds is 8. The molecule has 9 nitrogen and oxygen atoms in total. The second kappa shape index (κ2) is 11.5. The number of para-hydroxylation sites is 1. The van der Waals surface area contributed by atoms with Crippen LogP contribution in [0.15, 0.2) is 30.3 Å². The zero-order valence-corrected chi connectivity index (χ0v) is 19.6. The molecule has 0 atom stereocenters. The molecular formula is C25H35N5O4. The molecule has 1 saturated carbocycles. The van der Waals surface area contributed by atoms with Crippen LogP contribution in [0, 0.1) is 11.8 Å². The van der Waals surface area contributed by atoms with E-state index in [9.17, 15) is 14.7 Å². The third-order valence-electron chi connectivity index (χ3n) is 7.12. The number of piperazine rings is 1. The van der Waals surface area contributed by atoms with Gasteiger partial charge in [0, 0.05) is 51.2 Å². The number of aliphatic hydroxyl groups is 1. The minimum Gasteiger partial charge on any atom is -0.465 e. The lowest BCUT2D eigenvalue weighted by molar-refractivity contribution is 0.0942. The fourth-order valence-electron chi connectivity index (χ4n) is 5.06. The number of aliphatic hydroxyl groups excluding tert-OH is 1. The molecule has 2 aliphatic rings. The molecule has 0 unspecified atom stereocenters. The van der Waals surface area contributed by atoms with Gasteiger partial charge in [0.05, 0.1) is 17.7 Å². The molecule has 9 heteroatoms. The molecule has 1 aliphatic carbocycles. The minimum atomic E-state index is -0.967. The third-order valence-corrected chi connectivity index (χ3v) is 7.12. The Bertz CT molecular complexity index is 984. The van der Waals surface area contributed by atoms with Crippen molar-refractivity contribution in [2.45, 2.75) is 25.7 Å². The number of aromatic nitrogens is 1. The molecule has 1 aromatic heterocycles. The fourth-order valence-corrected chi connectivity index (χ4v) is 5.06. The molecule has 4 rings (SSSR count). The van der Waals surface area contributed by atoms with Crippen LogP contribution < -0.4 is 15.5 Å². The lowest BCUT2D eigenvalue weighted by atomic mass is 9.82. The van der Waals surface area contributed by atoms with Crippen molar-refractivity contribution >= 4 is 28.7 Å². The van der Waals surface area contributed by atoms with Gasteiger partial charge in [0.15, 0.2) is 0 Å². The summed E-state index contributed by atoms with van der Waals surface area (Å²) in [7, 11) is 0. The number of carbonyl (C=O) groups excluding carboxylic acids is 1. The van der Waals surface area contributed by atoms with Crippen LogP contribution in [0.3, 0.4) is 0 Å². The molecule has 34 heavy (non-hydrogen) atoms. The first kappa shape index (κ1) is 24.2. The number of amides is 2. The number of benzene rings is 1. The van der Waals surface area contributed by atoms with Crippen LogP contribution in [0.4, 0.5) is 10.6 Å². The molecule has 0 radical (unpaired) electrons. The van der Waals surface area contributed by atoms with Gasteiger partial charge < -0.3 is 25.7 Å². The van der Waals surface area contributed by atoms with Gasteiger partial charge in [0.1, 0.15) is 5.82 Å². The average molecular weight is 470 g/mol. The van der Waals surface area contributed by atoms with E-state index in [4.69, 9.17) is 10.1 Å². The van der Waals surface area contributed by atoms with E-state index in [1.165, 1.54) is 0 Å². The van der Waals surface area contributed by atoms with E-state index in [0.29, 0.717) is 37.0 Å². The van der Waals surface area contributed by atoms with Crippen LogP contribution in [-0.2, 0) is 0 Å². The lowest BCUT2D eigenvalue weighted by Crippen LogP contribution is -2.47. The van der Waals surface area contributed by atoms with Crippen molar-refractivity contribution in [3.8, 4) is 0 Å². The number of hydrogen-bond acceptors (Lipinski definition) is 6. The van der Waals surface area contributed by atoms with E-state index >= 15 is 0 Å². The van der Waals surface area contributed by atoms with E-state index in [1.807, 2.05) is 30.3 Å². The molecule has 184 valence electrons. The second-order valence-corrected chi connectivity index (χ2v) is 9.38. The quantitative estimate of drug-likeness (QED) is 0.468. The maximum Gasteiger partial charge on any atom is 0.404 e. The second-order valence-electron chi connectivity index (χ2n) is 9.38. The Labute approximate surface area is 200 Å². The van der Waals surface area contributed by atoms with Crippen molar-refractivity contribution in [2.24, 2.45) is 11.8 Å². The maximum atomic E-state index is 13.2. The summed E-state index contributed by atoms with van der Waals surface area (Å²) in [5.41, 5.74) is 1.46. The van der Waals surface area contributed by atoms with Crippen LogP contribution in [-0.4, -0.2) is 84.5 Å². The van der Waals surface area contributed by atoms with Gasteiger partial charge >= 0.3 is 6.09 Å². The van der Waals surface area contributed by atoms with Crippen LogP contribution >= 0.6 is 0 Å². The van der Waals surface area contributed by atoms with Crippen molar-refractivity contribution in [2.75, 3.05) is 57.3 Å². The highest BCUT2D eigenvalue weighted by molar-refractivity contribution is 6.07. The largest absolute Gasteiger partial charge is 0.465 e. The number of pyridine rings is 1. The van der Waals surface area contributed by atoms with Crippen molar-refractivity contribution < 1.29 is 19.8 Å². The number of carboxylic acid groups (broad SMARTS) is 1. The predicted octanol–water partition coefficient (Wildman–Crippen LogP) is 2.15. The number of hydrogen-bond donors (Lipinski definition) is 4. The van der Waals surface area contributed by atoms with Crippen LogP contribution in [0.1, 0.15) is 36.0 Å². The first-order chi connectivity index (χ1) is 16.5. The van der Waals surface area contributed by atoms with Crippen molar-refractivity contribution in [1.29, 1.82) is 0 Å². The monoisotopic (exact) mass is 469 g/mol. The summed E-state index contributed by atoms with van der Waals surface area (Å²) >= 11 is 0. The van der Waals surface area contributed by atoms with Gasteiger partial charge in [-0.15, -0.1) is 0 Å². The molecule has 0 bridgehead atoms. The van der Waals surface area contributed by atoms with Gasteiger partial charge in [0.2, 0.25) is 0 Å². The molecule has 0 spiro atoms. The number of fused-ring (bicyclic) bond motifs is 1. The SMILES string of the molecule is O=C(O)NC[C@H]1CC[C@H](CNC(=O)c2cc(N3CCN(CCO)CC3)nc3ccccc23)CC1. The molecule has 2 fully saturated rings. The van der Waals surface area contributed by atoms with Crippen LogP contribution in [0.25, 0.3) is 10.9 Å². The Morgan fingerprint density at radius 3 is 2.26 bits per heavy atom. The minimum absolute atomic E-state index is 0.0755. The number of carbonyl (C=O) groups is 2. The molecule has 1 saturated heterocycles. The van der Waals surface area contributed by atoms with E-state index in [0.717, 1.165) is 68.6 Å². The lowest BCUT2D eigenvalue weighted by Gasteiger charge is -2.35. The molecule has 2 heterocycles. The Balaban J connectivity index is 1.39. The number of anilines is 1. The third kappa shape index (κ3) is 6.15. The number of β-amino-alcohol motifs (C(OH)–C–C–N with tert-alkyl or cyclic N) is 1. The Morgan fingerprint density at radius 1 is 0.971 bits per heavy atom. The van der Waals surface area contributed by atoms with Gasteiger partial charge in [-0.1, -0.05) is 18.2 Å². The smallest absolute Gasteiger partial charge is 0.404 e. The summed E-state index contributed by atoms with van der Waals surface area (Å²) in [5.74, 6) is 1.54. The van der Waals surface area contributed by atoms with Crippen LogP contribution in [0.2, 0.25) is 0 Å². The Kier molecular flexibility index (Phi) is 8.18. The molecule has 1 aromatic carbocycles. The topological polar surface area (TPSA) is 118 Å². The van der Waals surface area contributed by atoms with E-state index < -0.39 is 6.09 Å². The molecule has 1 aliphatic heterocycles. The average Bonchev–Trinajstić information content (AvgIpc) is 2.86. The Morgan fingerprint density at radius 2 is 1.62 bits per heavy atom. The first-order valence-electron chi connectivity index (χ1n) is 12.3. The van der Waals surface area contributed by atoms with Crippen LogP contribution in [0.5, 0.6) is 0 Å². The zero-order valence-electron chi connectivity index (χ0n) is 19.6. The van der Waals surface area contributed by atoms with Crippen molar-refractivity contribution in [3.05, 3.63) is 35.9 Å². The predicted molar refractivity (Wildman–Crippen MR) is 131 cm³/mol. The summed E-state index contributed by atoms with van der Waals surface area (Å²) < 4.78 is 0. The van der Waals surface area contributed by atoms with Gasteiger partial charge in [-0.3, -0.25) is 9.69 Å². The number of nitrogens with zero attached hydrogens (tertiary/aromatic N) is 3. The van der Waals surface area contributed by atoms with Gasteiger partial charge in [-0.05, 0) is 49.7 Å².